The molecule has 0 radical (unpaired) electrons. The molecule has 0 bridgehead atoms. The van der Waals surface area contributed by atoms with E-state index in [4.69, 9.17) is 0 Å². The van der Waals surface area contributed by atoms with Gasteiger partial charge in [0.2, 0.25) is 0 Å². The van der Waals surface area contributed by atoms with Gasteiger partial charge in [0.25, 0.3) is 0 Å². The van der Waals surface area contributed by atoms with E-state index in [-0.39, 0.29) is 22.5 Å². The van der Waals surface area contributed by atoms with Crippen molar-refractivity contribution in [3.8, 4) is 11.4 Å². The van der Waals surface area contributed by atoms with Crippen LogP contribution in [-0.4, -0.2) is 29.0 Å². The van der Waals surface area contributed by atoms with Gasteiger partial charge < -0.3 is 4.90 Å². The molecular formula is C20H15F3N4. The Kier molecular flexibility index (Phi) is 3.95. The van der Waals surface area contributed by atoms with Crippen molar-refractivity contribution in [3.05, 3.63) is 60.3 Å². The summed E-state index contributed by atoms with van der Waals surface area (Å²) in [6.45, 7) is 0. The van der Waals surface area contributed by atoms with Gasteiger partial charge in [-0.3, -0.25) is 0 Å². The molecule has 4 aromatic rings. The highest BCUT2D eigenvalue weighted by Gasteiger charge is 2.37. The van der Waals surface area contributed by atoms with Crippen LogP contribution in [0.3, 0.4) is 0 Å². The number of alkyl halides is 3. The summed E-state index contributed by atoms with van der Waals surface area (Å²) in [6, 6.07) is 15.7. The molecule has 0 N–H and O–H groups in total. The predicted octanol–water partition coefficient (Wildman–Crippen LogP) is 4.93. The minimum atomic E-state index is -4.64. The van der Waals surface area contributed by atoms with Gasteiger partial charge >= 0.3 is 6.18 Å². The Morgan fingerprint density at radius 2 is 1.48 bits per heavy atom. The summed E-state index contributed by atoms with van der Waals surface area (Å²) >= 11 is 0. The molecule has 4 nitrogen and oxygen atoms in total. The number of hydrogen-bond acceptors (Lipinski definition) is 4. The van der Waals surface area contributed by atoms with Gasteiger partial charge in [0.15, 0.2) is 11.5 Å². The van der Waals surface area contributed by atoms with Crippen molar-refractivity contribution in [2.45, 2.75) is 6.18 Å². The largest absolute Gasteiger partial charge is 0.434 e. The Bertz CT molecular complexity index is 1140. The molecule has 0 fully saturated rings. The summed E-state index contributed by atoms with van der Waals surface area (Å²) in [6.07, 6.45) is -4.64. The van der Waals surface area contributed by atoms with Gasteiger partial charge in [-0.1, -0.05) is 48.5 Å². The summed E-state index contributed by atoms with van der Waals surface area (Å²) < 4.78 is 41.8. The van der Waals surface area contributed by atoms with Crippen molar-refractivity contribution < 1.29 is 13.2 Å². The molecule has 2 aromatic carbocycles. The summed E-state index contributed by atoms with van der Waals surface area (Å²) in [5, 5.41) is 0.467. The number of pyridine rings is 1. The molecule has 0 amide bonds. The third-order valence-electron chi connectivity index (χ3n) is 4.24. The first-order valence-corrected chi connectivity index (χ1v) is 8.26. The third kappa shape index (κ3) is 2.95. The van der Waals surface area contributed by atoms with Gasteiger partial charge in [-0.2, -0.15) is 13.2 Å². The second-order valence-electron chi connectivity index (χ2n) is 6.33. The Morgan fingerprint density at radius 1 is 0.815 bits per heavy atom. The van der Waals surface area contributed by atoms with Crippen molar-refractivity contribution in [3.63, 3.8) is 0 Å². The maximum Gasteiger partial charge on any atom is 0.434 e. The maximum atomic E-state index is 13.9. The standard InChI is InChI=1S/C20H15F3N4/c1-27(2)19-15-16(13-10-6-7-11-14(13)24-19)25-18(12-8-4-3-5-9-12)26-17(15)20(21,22)23/h3-11H,1-2H3. The molecule has 2 aromatic heterocycles. The van der Waals surface area contributed by atoms with E-state index in [1.54, 1.807) is 73.6 Å². The minimum absolute atomic E-state index is 0.0384. The lowest BCUT2D eigenvalue weighted by Crippen LogP contribution is -2.17. The van der Waals surface area contributed by atoms with Crippen LogP contribution < -0.4 is 4.90 Å². The Hall–Kier alpha value is -3.22. The number of para-hydroxylation sites is 1. The van der Waals surface area contributed by atoms with Crippen LogP contribution >= 0.6 is 0 Å². The SMILES string of the molecule is CN(C)c1nc2ccccc2c2nc(-c3ccccc3)nc(C(F)(F)F)c12. The summed E-state index contributed by atoms with van der Waals surface area (Å²) in [5.74, 6) is 0.229. The lowest BCUT2D eigenvalue weighted by Gasteiger charge is -2.19. The van der Waals surface area contributed by atoms with Crippen LogP contribution in [0.15, 0.2) is 54.6 Å². The van der Waals surface area contributed by atoms with Crippen molar-refractivity contribution in [2.24, 2.45) is 0 Å². The highest BCUT2D eigenvalue weighted by Crippen LogP contribution is 2.40. The van der Waals surface area contributed by atoms with Crippen LogP contribution in [0.25, 0.3) is 33.2 Å². The minimum Gasteiger partial charge on any atom is -0.362 e. The Morgan fingerprint density at radius 3 is 2.15 bits per heavy atom. The highest BCUT2D eigenvalue weighted by molar-refractivity contribution is 6.09. The lowest BCUT2D eigenvalue weighted by molar-refractivity contribution is -0.139. The molecule has 0 atom stereocenters. The predicted molar refractivity (Wildman–Crippen MR) is 99.6 cm³/mol. The molecule has 27 heavy (non-hydrogen) atoms. The van der Waals surface area contributed by atoms with E-state index in [1.165, 1.54) is 0 Å². The number of fused-ring (bicyclic) bond motifs is 3. The van der Waals surface area contributed by atoms with Gasteiger partial charge in [-0.25, -0.2) is 15.0 Å². The zero-order chi connectivity index (χ0) is 19.2. The van der Waals surface area contributed by atoms with Crippen LogP contribution in [0.1, 0.15) is 5.69 Å². The Balaban J connectivity index is 2.22. The van der Waals surface area contributed by atoms with Crippen molar-refractivity contribution in [1.29, 1.82) is 0 Å². The number of hydrogen-bond donors (Lipinski definition) is 0. The molecule has 4 rings (SSSR count). The van der Waals surface area contributed by atoms with Crippen molar-refractivity contribution in [2.75, 3.05) is 19.0 Å². The zero-order valence-electron chi connectivity index (χ0n) is 14.6. The molecule has 136 valence electrons. The van der Waals surface area contributed by atoms with Crippen LogP contribution in [0.4, 0.5) is 19.0 Å². The normalized spacial score (nSPS) is 11.9. The lowest BCUT2D eigenvalue weighted by atomic mass is 10.1. The molecular weight excluding hydrogens is 353 g/mol. The molecule has 0 saturated heterocycles. The van der Waals surface area contributed by atoms with Crippen LogP contribution in [0, 0.1) is 0 Å². The fraction of sp³-hybridized carbons (Fsp3) is 0.150. The molecule has 0 aliphatic heterocycles. The number of benzene rings is 2. The number of rotatable bonds is 2. The summed E-state index contributed by atoms with van der Waals surface area (Å²) in [7, 11) is 3.31. The first kappa shape index (κ1) is 17.2. The average molecular weight is 368 g/mol. The second kappa shape index (κ2) is 6.19. The Labute approximate surface area is 153 Å². The summed E-state index contributed by atoms with van der Waals surface area (Å²) in [5.41, 5.74) is 0.371. The zero-order valence-corrected chi connectivity index (χ0v) is 14.6. The van der Waals surface area contributed by atoms with Gasteiger partial charge in [0, 0.05) is 25.0 Å². The fourth-order valence-corrected chi connectivity index (χ4v) is 3.05. The summed E-state index contributed by atoms with van der Waals surface area (Å²) in [4.78, 5) is 14.4. The van der Waals surface area contributed by atoms with Crippen molar-refractivity contribution in [1.82, 2.24) is 15.0 Å². The molecule has 2 heterocycles. The molecule has 0 aliphatic carbocycles. The van der Waals surface area contributed by atoms with Gasteiger partial charge in [-0.05, 0) is 6.07 Å². The van der Waals surface area contributed by atoms with Crippen LogP contribution in [-0.2, 0) is 6.18 Å². The third-order valence-corrected chi connectivity index (χ3v) is 4.24. The topological polar surface area (TPSA) is 41.9 Å². The van der Waals surface area contributed by atoms with E-state index < -0.39 is 11.9 Å². The monoisotopic (exact) mass is 368 g/mol. The van der Waals surface area contributed by atoms with E-state index in [1.807, 2.05) is 0 Å². The molecule has 0 spiro atoms. The number of aromatic nitrogens is 3. The van der Waals surface area contributed by atoms with E-state index in [0.29, 0.717) is 16.5 Å². The first-order chi connectivity index (χ1) is 12.9. The smallest absolute Gasteiger partial charge is 0.362 e. The number of nitrogens with zero attached hydrogens (tertiary/aromatic N) is 4. The molecule has 7 heteroatoms. The second-order valence-corrected chi connectivity index (χ2v) is 6.33. The van der Waals surface area contributed by atoms with Crippen LogP contribution in [0.2, 0.25) is 0 Å². The van der Waals surface area contributed by atoms with Crippen molar-refractivity contribution >= 4 is 27.6 Å². The highest BCUT2D eigenvalue weighted by atomic mass is 19.4. The van der Waals surface area contributed by atoms with E-state index in [9.17, 15) is 13.2 Å². The van der Waals surface area contributed by atoms with Gasteiger partial charge in [-0.15, -0.1) is 0 Å². The maximum absolute atomic E-state index is 13.9. The van der Waals surface area contributed by atoms with Gasteiger partial charge in [0.1, 0.15) is 5.82 Å². The fourth-order valence-electron chi connectivity index (χ4n) is 3.05. The quantitative estimate of drug-likeness (QED) is 0.471. The van der Waals surface area contributed by atoms with E-state index in [0.717, 1.165) is 0 Å². The number of anilines is 1. The molecule has 0 unspecified atom stereocenters. The van der Waals surface area contributed by atoms with E-state index >= 15 is 0 Å². The molecule has 0 saturated carbocycles. The molecule has 0 aliphatic rings. The number of halogens is 3. The van der Waals surface area contributed by atoms with Crippen LogP contribution in [0.5, 0.6) is 0 Å². The first-order valence-electron chi connectivity index (χ1n) is 8.26. The van der Waals surface area contributed by atoms with E-state index in [2.05, 4.69) is 15.0 Å². The average Bonchev–Trinajstić information content (AvgIpc) is 2.66. The van der Waals surface area contributed by atoms with Gasteiger partial charge in [0.05, 0.1) is 16.4 Å².